The van der Waals surface area contributed by atoms with Crippen molar-refractivity contribution in [3.8, 4) is 22.4 Å². The van der Waals surface area contributed by atoms with Crippen LogP contribution in [0.25, 0.3) is 53.5 Å². The average Bonchev–Trinajstić information content (AvgIpc) is 3.74. The third kappa shape index (κ3) is 9.70. The van der Waals surface area contributed by atoms with Crippen LogP contribution in [0.2, 0.25) is 0 Å². The number of pyridine rings is 1. The molecule has 6 rings (SSSR count). The second-order valence-corrected chi connectivity index (χ2v) is 19.2. The van der Waals surface area contributed by atoms with Crippen LogP contribution in [0.1, 0.15) is 118 Å². The Morgan fingerprint density at radius 2 is 1.53 bits per heavy atom. The summed E-state index contributed by atoms with van der Waals surface area (Å²) in [5.74, 6) is 0.926. The SMILES string of the molecule is CCC(C)(CC)C(=O)/C=C(\O)C(C)(CC)CC.Cc1cc2nc(-c3[c-]c4ccccc4c(C(C)(C)C)c3)cc(-c3ccc4scc(CC(C)C)c4c3)c2s1.[Ir]. The van der Waals surface area contributed by atoms with Crippen molar-refractivity contribution in [2.24, 2.45) is 16.7 Å². The van der Waals surface area contributed by atoms with Crippen molar-refractivity contribution in [3.63, 3.8) is 0 Å². The minimum Gasteiger partial charge on any atom is -0.512 e. The van der Waals surface area contributed by atoms with E-state index in [1.807, 2.05) is 64.2 Å². The van der Waals surface area contributed by atoms with E-state index in [9.17, 15) is 9.90 Å². The van der Waals surface area contributed by atoms with Crippen LogP contribution < -0.4 is 0 Å². The van der Waals surface area contributed by atoms with Crippen LogP contribution in [-0.4, -0.2) is 15.9 Å². The summed E-state index contributed by atoms with van der Waals surface area (Å²) in [7, 11) is 0. The van der Waals surface area contributed by atoms with Crippen molar-refractivity contribution in [2.75, 3.05) is 0 Å². The van der Waals surface area contributed by atoms with E-state index in [1.165, 1.54) is 53.4 Å². The number of carbonyl (C=O) groups excluding carboxylic acids is 1. The number of rotatable bonds is 11. The third-order valence-electron chi connectivity index (χ3n) is 11.7. The molecule has 0 bridgehead atoms. The third-order valence-corrected chi connectivity index (χ3v) is 13.7. The maximum atomic E-state index is 12.2. The fraction of sp³-hybridized carbons (Fsp3) is 0.429. The molecule has 0 spiro atoms. The summed E-state index contributed by atoms with van der Waals surface area (Å²) < 4.78 is 2.63. The molecule has 3 nitrogen and oxygen atoms in total. The van der Waals surface area contributed by atoms with Gasteiger partial charge < -0.3 is 5.11 Å². The van der Waals surface area contributed by atoms with E-state index in [-0.39, 0.29) is 47.9 Å². The first-order chi connectivity index (χ1) is 25.5. The van der Waals surface area contributed by atoms with Gasteiger partial charge in [0, 0.05) is 52.3 Å². The van der Waals surface area contributed by atoms with Crippen LogP contribution in [0.3, 0.4) is 0 Å². The van der Waals surface area contributed by atoms with Crippen LogP contribution in [0.15, 0.2) is 77.9 Å². The van der Waals surface area contributed by atoms with E-state index >= 15 is 0 Å². The summed E-state index contributed by atoms with van der Waals surface area (Å²) in [6.45, 7) is 25.7. The number of aromatic nitrogens is 1. The summed E-state index contributed by atoms with van der Waals surface area (Å²) >= 11 is 3.70. The van der Waals surface area contributed by atoms with Gasteiger partial charge in [-0.05, 0) is 96.0 Å². The topological polar surface area (TPSA) is 50.2 Å². The van der Waals surface area contributed by atoms with E-state index in [2.05, 4.69) is 114 Å². The molecule has 0 atom stereocenters. The Labute approximate surface area is 352 Å². The molecule has 0 unspecified atom stereocenters. The summed E-state index contributed by atoms with van der Waals surface area (Å²) in [6.07, 6.45) is 5.87. The van der Waals surface area contributed by atoms with E-state index in [0.717, 1.165) is 54.3 Å². The molecular weight excluding hydrogens is 891 g/mol. The largest absolute Gasteiger partial charge is 0.512 e. The van der Waals surface area contributed by atoms with Crippen molar-refractivity contribution >= 4 is 59.5 Å². The molecule has 0 saturated carbocycles. The molecule has 6 heteroatoms. The Kier molecular flexibility index (Phi) is 14.6. The Morgan fingerprint density at radius 1 is 0.873 bits per heavy atom. The Hall–Kier alpha value is -3.15. The molecule has 295 valence electrons. The molecule has 55 heavy (non-hydrogen) atoms. The molecule has 3 heterocycles. The second kappa shape index (κ2) is 18.0. The first-order valence-electron chi connectivity index (χ1n) is 19.8. The normalized spacial score (nSPS) is 12.6. The zero-order valence-corrected chi connectivity index (χ0v) is 39.0. The monoisotopic (exact) mass is 951 g/mol. The summed E-state index contributed by atoms with van der Waals surface area (Å²) in [5, 5.41) is 16.3. The summed E-state index contributed by atoms with van der Waals surface area (Å²) in [5.41, 5.74) is 7.87. The van der Waals surface area contributed by atoms with Gasteiger partial charge >= 0.3 is 0 Å². The van der Waals surface area contributed by atoms with Gasteiger partial charge in [0.15, 0.2) is 5.78 Å². The average molecular weight is 951 g/mol. The van der Waals surface area contributed by atoms with Gasteiger partial charge in [-0.15, -0.1) is 51.8 Å². The Balaban J connectivity index is 0.000000320. The zero-order valence-electron chi connectivity index (χ0n) is 35.0. The minimum atomic E-state index is -0.337. The Morgan fingerprint density at radius 3 is 2.15 bits per heavy atom. The number of hydrogen-bond donors (Lipinski definition) is 1. The number of thiophene rings is 2. The summed E-state index contributed by atoms with van der Waals surface area (Å²) in [4.78, 5) is 18.6. The van der Waals surface area contributed by atoms with Crippen molar-refractivity contribution in [2.45, 2.75) is 121 Å². The number of aliphatic hydroxyl groups is 1. The van der Waals surface area contributed by atoms with E-state index in [1.54, 1.807) is 0 Å². The Bertz CT molecular complexity index is 2290. The first-order valence-corrected chi connectivity index (χ1v) is 21.5. The number of benzene rings is 3. The van der Waals surface area contributed by atoms with Crippen LogP contribution in [0.5, 0.6) is 0 Å². The maximum Gasteiger partial charge on any atom is 0.164 e. The maximum absolute atomic E-state index is 12.2. The molecule has 3 aromatic heterocycles. The second-order valence-electron chi connectivity index (χ2n) is 17.0. The van der Waals surface area contributed by atoms with E-state index < -0.39 is 0 Å². The standard InChI is InChI=1S/C34H32NS2.C15H28O2.Ir/c1-20(2)13-25-19-36-32-12-11-23(16-27(25)32)28-18-30(35-31-14-21(3)37-33(28)31)24-15-22-9-7-8-10-26(22)29(17-24)34(4,5)6;1-7-14(5,8-2)12(16)11-13(17)15(6,9-3)10-4;/h7-12,14,16-20H,13H2,1-6H3;11,16H,7-10H2,1-6H3;/q-1;;/b;12-11-;. The van der Waals surface area contributed by atoms with Gasteiger partial charge in [-0.25, -0.2) is 0 Å². The number of nitrogens with zero attached hydrogens (tertiary/aromatic N) is 1. The van der Waals surface area contributed by atoms with Crippen LogP contribution >= 0.6 is 22.7 Å². The van der Waals surface area contributed by atoms with Gasteiger partial charge in [-0.1, -0.05) is 117 Å². The van der Waals surface area contributed by atoms with Crippen LogP contribution in [0.4, 0.5) is 0 Å². The van der Waals surface area contributed by atoms with E-state index in [4.69, 9.17) is 4.98 Å². The van der Waals surface area contributed by atoms with Gasteiger partial charge in [-0.2, -0.15) is 0 Å². The number of ketones is 1. The molecule has 0 saturated heterocycles. The van der Waals surface area contributed by atoms with Gasteiger partial charge in [0.25, 0.3) is 0 Å². The van der Waals surface area contributed by atoms with Gasteiger partial charge in [0.1, 0.15) is 5.76 Å². The first kappa shape index (κ1) is 44.6. The molecule has 6 aromatic rings. The fourth-order valence-corrected chi connectivity index (χ4v) is 8.96. The summed E-state index contributed by atoms with van der Waals surface area (Å²) in [6, 6.07) is 26.1. The molecular formula is C49H60IrNO2S2-. The minimum absolute atomic E-state index is 0. The molecule has 0 amide bonds. The van der Waals surface area contributed by atoms with Crippen molar-refractivity contribution in [1.29, 1.82) is 0 Å². The molecule has 0 aliphatic heterocycles. The fourth-order valence-electron chi connectivity index (χ4n) is 7.01. The number of hydrogen-bond acceptors (Lipinski definition) is 5. The molecule has 1 N–H and O–H groups in total. The molecule has 0 fully saturated rings. The van der Waals surface area contributed by atoms with Gasteiger partial charge in [0.05, 0.1) is 10.2 Å². The number of aryl methyl sites for hydroxylation is 1. The van der Waals surface area contributed by atoms with Crippen molar-refractivity contribution < 1.29 is 30.0 Å². The van der Waals surface area contributed by atoms with E-state index in [0.29, 0.717) is 5.92 Å². The quantitative estimate of drug-likeness (QED) is 0.0800. The molecule has 3 aromatic carbocycles. The predicted octanol–water partition coefficient (Wildman–Crippen LogP) is 15.3. The number of fused-ring (bicyclic) bond motifs is 3. The predicted molar refractivity (Wildman–Crippen MR) is 237 cm³/mol. The molecule has 0 aliphatic rings. The smallest absolute Gasteiger partial charge is 0.164 e. The van der Waals surface area contributed by atoms with Crippen molar-refractivity contribution in [1.82, 2.24) is 4.98 Å². The zero-order chi connectivity index (χ0) is 39.6. The number of allylic oxidation sites excluding steroid dienone is 2. The number of carbonyl (C=O) groups is 1. The van der Waals surface area contributed by atoms with Gasteiger partial charge in [0.2, 0.25) is 0 Å². The molecule has 0 aliphatic carbocycles. The van der Waals surface area contributed by atoms with Crippen molar-refractivity contribution in [3.05, 3.63) is 99.9 Å². The number of aliphatic hydroxyl groups excluding tert-OH is 1. The molecule has 1 radical (unpaired) electrons. The van der Waals surface area contributed by atoms with Gasteiger partial charge in [-0.3, -0.25) is 9.78 Å². The van der Waals surface area contributed by atoms with Crippen LogP contribution in [0, 0.1) is 29.7 Å². The van der Waals surface area contributed by atoms with Crippen LogP contribution in [-0.2, 0) is 36.7 Å².